The highest BCUT2D eigenvalue weighted by atomic mass is 16.6. The van der Waals surface area contributed by atoms with E-state index in [0.717, 1.165) is 14.2 Å². The molecule has 0 aliphatic heterocycles. The van der Waals surface area contributed by atoms with Gasteiger partial charge in [-0.2, -0.15) is 0 Å². The van der Waals surface area contributed by atoms with Crippen molar-refractivity contribution in [3.05, 3.63) is 33.4 Å². The SMILES string of the molecule is COC(=O)C(=C(C)C)/C(C(=O)OC)=C(/C(=O)OC(C)(C)C)C(C(=O)OC(C)(C)C)=C(C)C. The summed E-state index contributed by atoms with van der Waals surface area (Å²) >= 11 is 0. The van der Waals surface area contributed by atoms with E-state index in [2.05, 4.69) is 0 Å². The third kappa shape index (κ3) is 8.32. The second-order valence-corrected chi connectivity index (χ2v) is 9.49. The van der Waals surface area contributed by atoms with Crippen LogP contribution in [0.4, 0.5) is 0 Å². The van der Waals surface area contributed by atoms with Gasteiger partial charge in [0.1, 0.15) is 11.2 Å². The fourth-order valence-electron chi connectivity index (χ4n) is 2.63. The van der Waals surface area contributed by atoms with Gasteiger partial charge in [-0.3, -0.25) is 0 Å². The van der Waals surface area contributed by atoms with Crippen LogP contribution in [0.25, 0.3) is 0 Å². The van der Waals surface area contributed by atoms with Gasteiger partial charge < -0.3 is 18.9 Å². The van der Waals surface area contributed by atoms with Gasteiger partial charge in [-0.1, -0.05) is 11.1 Å². The summed E-state index contributed by atoms with van der Waals surface area (Å²) in [5.74, 6) is -3.71. The summed E-state index contributed by atoms with van der Waals surface area (Å²) in [6.07, 6.45) is 0. The van der Waals surface area contributed by atoms with Crippen molar-refractivity contribution in [2.45, 2.75) is 80.4 Å². The maximum atomic E-state index is 13.4. The Hall–Kier alpha value is -2.90. The molecule has 0 aromatic carbocycles. The molecule has 0 amide bonds. The van der Waals surface area contributed by atoms with Gasteiger partial charge in [0.25, 0.3) is 0 Å². The Kier molecular flexibility index (Phi) is 10.1. The summed E-state index contributed by atoms with van der Waals surface area (Å²) in [5.41, 5.74) is -2.36. The number of methoxy groups -OCH3 is 2. The van der Waals surface area contributed by atoms with E-state index in [1.54, 1.807) is 69.2 Å². The molecule has 0 aromatic rings. The van der Waals surface area contributed by atoms with E-state index < -0.39 is 46.2 Å². The highest BCUT2D eigenvalue weighted by Crippen LogP contribution is 2.31. The van der Waals surface area contributed by atoms with E-state index in [1.165, 1.54) is 0 Å². The first-order valence-corrected chi connectivity index (χ1v) is 10.1. The summed E-state index contributed by atoms with van der Waals surface area (Å²) in [6, 6.07) is 0. The minimum Gasteiger partial charge on any atom is -0.465 e. The molecule has 0 bridgehead atoms. The molecule has 0 aromatic heterocycles. The zero-order chi connectivity index (χ0) is 25.6. The molecule has 0 heterocycles. The van der Waals surface area contributed by atoms with Gasteiger partial charge in [0.15, 0.2) is 0 Å². The molecule has 180 valence electrons. The Morgan fingerprint density at radius 2 is 0.719 bits per heavy atom. The molecular weight excluding hydrogens is 416 g/mol. The molecule has 0 aliphatic rings. The van der Waals surface area contributed by atoms with E-state index in [1.807, 2.05) is 0 Å². The van der Waals surface area contributed by atoms with E-state index in [0.29, 0.717) is 11.1 Å². The second kappa shape index (κ2) is 11.1. The van der Waals surface area contributed by atoms with Crippen LogP contribution in [0, 0.1) is 0 Å². The molecule has 0 fully saturated rings. The molecule has 0 aliphatic carbocycles. The van der Waals surface area contributed by atoms with Gasteiger partial charge in [-0.25, -0.2) is 19.2 Å². The van der Waals surface area contributed by atoms with Gasteiger partial charge in [0, 0.05) is 0 Å². The standard InChI is InChI=1S/C24H36O8/c1-13(2)15(19(25)29-11)17(20(26)30-12)18(22(28)32-24(8,9)10)16(14(3)4)21(27)31-23(5,6)7/h1-12H3/b18-17-. The Labute approximate surface area is 190 Å². The summed E-state index contributed by atoms with van der Waals surface area (Å²) in [5, 5.41) is 0. The van der Waals surface area contributed by atoms with E-state index in [4.69, 9.17) is 18.9 Å². The Balaban J connectivity index is 7.66. The summed E-state index contributed by atoms with van der Waals surface area (Å²) in [4.78, 5) is 52.1. The predicted molar refractivity (Wildman–Crippen MR) is 119 cm³/mol. The van der Waals surface area contributed by atoms with Crippen LogP contribution in [-0.4, -0.2) is 49.3 Å². The largest absolute Gasteiger partial charge is 0.465 e. The number of allylic oxidation sites excluding steroid dienone is 2. The maximum Gasteiger partial charge on any atom is 0.340 e. The normalized spacial score (nSPS) is 12.1. The number of carbonyl (C=O) groups is 4. The Morgan fingerprint density at radius 1 is 0.469 bits per heavy atom. The number of rotatable bonds is 6. The lowest BCUT2D eigenvalue weighted by Crippen LogP contribution is -2.32. The van der Waals surface area contributed by atoms with E-state index in [9.17, 15) is 19.2 Å². The van der Waals surface area contributed by atoms with E-state index in [-0.39, 0.29) is 11.1 Å². The number of hydrogen-bond donors (Lipinski definition) is 0. The summed E-state index contributed by atoms with van der Waals surface area (Å²) in [7, 11) is 2.24. The van der Waals surface area contributed by atoms with Crippen molar-refractivity contribution in [2.24, 2.45) is 0 Å². The fourth-order valence-corrected chi connectivity index (χ4v) is 2.63. The van der Waals surface area contributed by atoms with Crippen LogP contribution in [0.15, 0.2) is 33.4 Å². The summed E-state index contributed by atoms with van der Waals surface area (Å²) < 4.78 is 20.7. The third-order valence-electron chi connectivity index (χ3n) is 3.74. The zero-order valence-electron chi connectivity index (χ0n) is 21.3. The molecule has 8 nitrogen and oxygen atoms in total. The van der Waals surface area contributed by atoms with Crippen molar-refractivity contribution in [1.82, 2.24) is 0 Å². The number of esters is 4. The number of hydrogen-bond acceptors (Lipinski definition) is 8. The Bertz CT molecular complexity index is 863. The number of carbonyl (C=O) groups excluding carboxylic acids is 4. The first-order chi connectivity index (χ1) is 14.4. The highest BCUT2D eigenvalue weighted by Gasteiger charge is 2.38. The average molecular weight is 453 g/mol. The van der Waals surface area contributed by atoms with Crippen molar-refractivity contribution in [2.75, 3.05) is 14.2 Å². The van der Waals surface area contributed by atoms with Crippen molar-refractivity contribution in [3.63, 3.8) is 0 Å². The van der Waals surface area contributed by atoms with Crippen molar-refractivity contribution in [1.29, 1.82) is 0 Å². The lowest BCUT2D eigenvalue weighted by molar-refractivity contribution is -0.154. The lowest BCUT2D eigenvalue weighted by Gasteiger charge is -2.26. The van der Waals surface area contributed by atoms with Gasteiger partial charge in [0.05, 0.1) is 36.5 Å². The smallest absolute Gasteiger partial charge is 0.340 e. The maximum absolute atomic E-state index is 13.4. The van der Waals surface area contributed by atoms with Gasteiger partial charge in [-0.05, 0) is 69.2 Å². The predicted octanol–water partition coefficient (Wildman–Crippen LogP) is 3.99. The molecule has 32 heavy (non-hydrogen) atoms. The van der Waals surface area contributed by atoms with Crippen molar-refractivity contribution < 1.29 is 38.1 Å². The molecule has 0 radical (unpaired) electrons. The number of ether oxygens (including phenoxy) is 4. The highest BCUT2D eigenvalue weighted by molar-refractivity contribution is 6.18. The minimum atomic E-state index is -1.00. The monoisotopic (exact) mass is 452 g/mol. The average Bonchev–Trinajstić information content (AvgIpc) is 2.59. The molecule has 0 unspecified atom stereocenters. The minimum absolute atomic E-state index is 0.197. The topological polar surface area (TPSA) is 105 Å². The van der Waals surface area contributed by atoms with Crippen LogP contribution in [0.3, 0.4) is 0 Å². The fraction of sp³-hybridized carbons (Fsp3) is 0.583. The third-order valence-corrected chi connectivity index (χ3v) is 3.74. The lowest BCUT2D eigenvalue weighted by atomic mass is 9.89. The zero-order valence-corrected chi connectivity index (χ0v) is 21.3. The van der Waals surface area contributed by atoms with Gasteiger partial charge in [0.2, 0.25) is 0 Å². The van der Waals surface area contributed by atoms with Crippen molar-refractivity contribution in [3.8, 4) is 0 Å². The van der Waals surface area contributed by atoms with Crippen LogP contribution in [0.1, 0.15) is 69.2 Å². The molecule has 0 saturated carbocycles. The van der Waals surface area contributed by atoms with Gasteiger partial charge >= 0.3 is 23.9 Å². The Morgan fingerprint density at radius 3 is 1.00 bits per heavy atom. The molecule has 0 rings (SSSR count). The van der Waals surface area contributed by atoms with Crippen LogP contribution in [-0.2, 0) is 38.1 Å². The quantitative estimate of drug-likeness (QED) is 0.258. The van der Waals surface area contributed by atoms with Crippen molar-refractivity contribution >= 4 is 23.9 Å². The summed E-state index contributed by atoms with van der Waals surface area (Å²) in [6.45, 7) is 16.2. The van der Waals surface area contributed by atoms with E-state index >= 15 is 0 Å². The van der Waals surface area contributed by atoms with Gasteiger partial charge in [-0.15, -0.1) is 0 Å². The first kappa shape index (κ1) is 29.1. The van der Waals surface area contributed by atoms with Crippen LogP contribution < -0.4 is 0 Å². The first-order valence-electron chi connectivity index (χ1n) is 10.1. The molecule has 8 heteroatoms. The van der Waals surface area contributed by atoms with Crippen LogP contribution in [0.2, 0.25) is 0 Å². The second-order valence-electron chi connectivity index (χ2n) is 9.49. The molecule has 0 atom stereocenters. The molecule has 0 saturated heterocycles. The molecule has 0 N–H and O–H groups in total. The van der Waals surface area contributed by atoms with Crippen LogP contribution >= 0.6 is 0 Å². The molecular formula is C24H36O8. The molecule has 0 spiro atoms. The van der Waals surface area contributed by atoms with Crippen LogP contribution in [0.5, 0.6) is 0 Å².